The first-order valence-corrected chi connectivity index (χ1v) is 7.58. The summed E-state index contributed by atoms with van der Waals surface area (Å²) in [6.45, 7) is 4.90. The van der Waals surface area contributed by atoms with Gasteiger partial charge in [-0.1, -0.05) is 6.92 Å². The fourth-order valence-corrected chi connectivity index (χ4v) is 2.98. The van der Waals surface area contributed by atoms with E-state index in [1.54, 1.807) is 11.3 Å². The van der Waals surface area contributed by atoms with Crippen molar-refractivity contribution in [2.24, 2.45) is 0 Å². The van der Waals surface area contributed by atoms with E-state index in [0.29, 0.717) is 6.04 Å². The molecule has 6 heteroatoms. The fourth-order valence-electron chi connectivity index (χ4n) is 2.18. The SMILES string of the molecule is CCC(NCc1cnc2cc(C)nn2c1)c1nccs1. The van der Waals surface area contributed by atoms with Crippen molar-refractivity contribution < 1.29 is 0 Å². The molecule has 0 saturated heterocycles. The van der Waals surface area contributed by atoms with Crippen LogP contribution in [0.3, 0.4) is 0 Å². The quantitative estimate of drug-likeness (QED) is 0.784. The average molecular weight is 287 g/mol. The second-order valence-corrected chi connectivity index (χ2v) is 5.69. The molecule has 0 aliphatic carbocycles. The molecular weight excluding hydrogens is 270 g/mol. The van der Waals surface area contributed by atoms with Gasteiger partial charge in [0.2, 0.25) is 0 Å². The van der Waals surface area contributed by atoms with Gasteiger partial charge in [0.1, 0.15) is 5.01 Å². The zero-order chi connectivity index (χ0) is 13.9. The predicted octanol–water partition coefficient (Wildman–Crippen LogP) is 2.74. The average Bonchev–Trinajstić information content (AvgIpc) is 3.07. The van der Waals surface area contributed by atoms with Gasteiger partial charge in [-0.15, -0.1) is 11.3 Å². The lowest BCUT2D eigenvalue weighted by molar-refractivity contribution is 0.515. The van der Waals surface area contributed by atoms with Gasteiger partial charge in [0.05, 0.1) is 11.7 Å². The lowest BCUT2D eigenvalue weighted by Gasteiger charge is -2.14. The van der Waals surface area contributed by atoms with Gasteiger partial charge in [-0.25, -0.2) is 14.5 Å². The Morgan fingerprint density at radius 2 is 2.30 bits per heavy atom. The fraction of sp³-hybridized carbons (Fsp3) is 0.357. The minimum atomic E-state index is 0.296. The molecule has 3 aromatic rings. The third-order valence-electron chi connectivity index (χ3n) is 3.20. The van der Waals surface area contributed by atoms with Crippen molar-refractivity contribution in [1.82, 2.24) is 24.9 Å². The van der Waals surface area contributed by atoms with Crippen LogP contribution in [0.15, 0.2) is 30.0 Å². The van der Waals surface area contributed by atoms with Gasteiger partial charge in [-0.2, -0.15) is 5.10 Å². The molecule has 3 heterocycles. The summed E-state index contributed by atoms with van der Waals surface area (Å²) in [4.78, 5) is 8.79. The van der Waals surface area contributed by atoms with Crippen LogP contribution in [-0.2, 0) is 6.54 Å². The minimum Gasteiger partial charge on any atom is -0.304 e. The molecule has 20 heavy (non-hydrogen) atoms. The van der Waals surface area contributed by atoms with Crippen molar-refractivity contribution in [3.63, 3.8) is 0 Å². The molecule has 104 valence electrons. The number of nitrogens with one attached hydrogen (secondary N) is 1. The maximum Gasteiger partial charge on any atom is 0.155 e. The Labute approximate surface area is 121 Å². The van der Waals surface area contributed by atoms with E-state index in [-0.39, 0.29) is 0 Å². The molecule has 1 N–H and O–H groups in total. The Balaban J connectivity index is 1.72. The summed E-state index contributed by atoms with van der Waals surface area (Å²) in [6.07, 6.45) is 6.80. The van der Waals surface area contributed by atoms with Gasteiger partial charge in [-0.05, 0) is 13.3 Å². The molecule has 0 fully saturated rings. The first-order valence-electron chi connectivity index (χ1n) is 6.70. The van der Waals surface area contributed by atoms with E-state index in [0.717, 1.165) is 34.9 Å². The number of nitrogens with zero attached hydrogens (tertiary/aromatic N) is 4. The standard InChI is InChI=1S/C14H17N5S/c1-3-12(14-15-4-5-20-14)16-7-11-8-17-13-6-10(2)18-19(13)9-11/h4-6,8-9,12,16H,3,7H2,1-2H3. The van der Waals surface area contributed by atoms with Crippen molar-refractivity contribution in [3.05, 3.63) is 46.3 Å². The summed E-state index contributed by atoms with van der Waals surface area (Å²) in [5.41, 5.74) is 2.99. The number of hydrogen-bond acceptors (Lipinski definition) is 5. The molecule has 1 atom stereocenters. The molecule has 3 aromatic heterocycles. The minimum absolute atomic E-state index is 0.296. The topological polar surface area (TPSA) is 55.1 Å². The molecule has 0 aromatic carbocycles. The van der Waals surface area contributed by atoms with Gasteiger partial charge < -0.3 is 5.32 Å². The van der Waals surface area contributed by atoms with Crippen molar-refractivity contribution in [2.75, 3.05) is 0 Å². The maximum atomic E-state index is 4.42. The molecule has 3 rings (SSSR count). The van der Waals surface area contributed by atoms with Crippen LogP contribution >= 0.6 is 11.3 Å². The second-order valence-electron chi connectivity index (χ2n) is 4.76. The third kappa shape index (κ3) is 2.71. The van der Waals surface area contributed by atoms with Crippen LogP contribution in [0.4, 0.5) is 0 Å². The van der Waals surface area contributed by atoms with Crippen LogP contribution in [0.2, 0.25) is 0 Å². The van der Waals surface area contributed by atoms with Crippen LogP contribution in [0, 0.1) is 6.92 Å². The van der Waals surface area contributed by atoms with Crippen LogP contribution in [0.25, 0.3) is 5.65 Å². The summed E-state index contributed by atoms with van der Waals surface area (Å²) >= 11 is 1.69. The highest BCUT2D eigenvalue weighted by Gasteiger charge is 2.11. The van der Waals surface area contributed by atoms with E-state index in [2.05, 4.69) is 27.3 Å². The highest BCUT2D eigenvalue weighted by Crippen LogP contribution is 2.19. The summed E-state index contributed by atoms with van der Waals surface area (Å²) in [7, 11) is 0. The predicted molar refractivity (Wildman–Crippen MR) is 79.7 cm³/mol. The van der Waals surface area contributed by atoms with Gasteiger partial charge in [0, 0.05) is 42.1 Å². The molecule has 1 unspecified atom stereocenters. The molecule has 0 radical (unpaired) electrons. The van der Waals surface area contributed by atoms with Gasteiger partial charge in [-0.3, -0.25) is 0 Å². The van der Waals surface area contributed by atoms with E-state index in [1.807, 2.05) is 41.5 Å². The van der Waals surface area contributed by atoms with Crippen LogP contribution in [0.5, 0.6) is 0 Å². The Bertz CT molecular complexity index is 689. The number of thiazole rings is 1. The maximum absolute atomic E-state index is 4.42. The third-order valence-corrected chi connectivity index (χ3v) is 4.09. The number of hydrogen-bond donors (Lipinski definition) is 1. The van der Waals surface area contributed by atoms with Crippen LogP contribution < -0.4 is 5.32 Å². The Morgan fingerprint density at radius 1 is 1.40 bits per heavy atom. The van der Waals surface area contributed by atoms with Crippen molar-refractivity contribution in [3.8, 4) is 0 Å². The van der Waals surface area contributed by atoms with E-state index in [1.165, 1.54) is 0 Å². The van der Waals surface area contributed by atoms with E-state index < -0.39 is 0 Å². The molecule has 0 aliphatic heterocycles. The number of aryl methyl sites for hydroxylation is 1. The first-order chi connectivity index (χ1) is 9.76. The first kappa shape index (κ1) is 13.2. The Hall–Kier alpha value is -1.79. The summed E-state index contributed by atoms with van der Waals surface area (Å²) in [5, 5.41) is 11.1. The summed E-state index contributed by atoms with van der Waals surface area (Å²) < 4.78 is 1.83. The van der Waals surface area contributed by atoms with E-state index in [9.17, 15) is 0 Å². The second kappa shape index (κ2) is 5.68. The number of rotatable bonds is 5. The molecule has 0 aliphatic rings. The molecule has 0 spiro atoms. The molecule has 0 bridgehead atoms. The molecule has 0 saturated carbocycles. The lowest BCUT2D eigenvalue weighted by Crippen LogP contribution is -2.20. The molecule has 0 amide bonds. The zero-order valence-electron chi connectivity index (χ0n) is 11.6. The summed E-state index contributed by atoms with van der Waals surface area (Å²) in [6, 6.07) is 2.27. The zero-order valence-corrected chi connectivity index (χ0v) is 12.4. The van der Waals surface area contributed by atoms with Gasteiger partial charge in [0.25, 0.3) is 0 Å². The Kier molecular flexibility index (Phi) is 3.75. The smallest absolute Gasteiger partial charge is 0.155 e. The van der Waals surface area contributed by atoms with Crippen molar-refractivity contribution >= 4 is 17.0 Å². The van der Waals surface area contributed by atoms with E-state index in [4.69, 9.17) is 0 Å². The molecule has 5 nitrogen and oxygen atoms in total. The van der Waals surface area contributed by atoms with Crippen LogP contribution in [-0.4, -0.2) is 19.6 Å². The Morgan fingerprint density at radius 3 is 3.05 bits per heavy atom. The highest BCUT2D eigenvalue weighted by molar-refractivity contribution is 7.09. The largest absolute Gasteiger partial charge is 0.304 e. The monoisotopic (exact) mass is 287 g/mol. The van der Waals surface area contributed by atoms with E-state index >= 15 is 0 Å². The van der Waals surface area contributed by atoms with Crippen molar-refractivity contribution in [1.29, 1.82) is 0 Å². The van der Waals surface area contributed by atoms with Crippen LogP contribution in [0.1, 0.15) is 35.7 Å². The highest BCUT2D eigenvalue weighted by atomic mass is 32.1. The van der Waals surface area contributed by atoms with Crippen molar-refractivity contribution in [2.45, 2.75) is 32.9 Å². The van der Waals surface area contributed by atoms with Gasteiger partial charge >= 0.3 is 0 Å². The number of aromatic nitrogens is 4. The normalized spacial score (nSPS) is 12.9. The summed E-state index contributed by atoms with van der Waals surface area (Å²) in [5.74, 6) is 0. The van der Waals surface area contributed by atoms with Gasteiger partial charge in [0.15, 0.2) is 5.65 Å². The number of fused-ring (bicyclic) bond motifs is 1. The molecular formula is C14H17N5S. The lowest BCUT2D eigenvalue weighted by atomic mass is 10.2.